The first-order chi connectivity index (χ1) is 17.5. The molecular weight excluding hydrogens is 459 g/mol. The van der Waals surface area contributed by atoms with Gasteiger partial charge in [0.2, 0.25) is 0 Å². The number of hydrogen-bond donors (Lipinski definition) is 2. The average Bonchev–Trinajstić information content (AvgIpc) is 3.30. The molecule has 0 spiro atoms. The van der Waals surface area contributed by atoms with E-state index >= 15 is 4.39 Å². The van der Waals surface area contributed by atoms with Crippen molar-refractivity contribution < 1.29 is 14.3 Å². The molecule has 0 bridgehead atoms. The fourth-order valence-electron chi connectivity index (χ4n) is 5.11. The highest BCUT2D eigenvalue weighted by Crippen LogP contribution is 2.39. The number of fused-ring (bicyclic) bond motifs is 2. The van der Waals surface area contributed by atoms with Crippen molar-refractivity contribution in [3.8, 4) is 22.5 Å². The zero-order valence-electron chi connectivity index (χ0n) is 19.3. The minimum absolute atomic E-state index is 0.0579. The van der Waals surface area contributed by atoms with Crippen molar-refractivity contribution in [2.45, 2.75) is 31.7 Å². The van der Waals surface area contributed by atoms with E-state index in [2.05, 4.69) is 15.0 Å². The predicted molar refractivity (Wildman–Crippen MR) is 134 cm³/mol. The number of rotatable bonds is 4. The molecule has 9 heteroatoms. The second-order valence-corrected chi connectivity index (χ2v) is 9.16. The highest BCUT2D eigenvalue weighted by molar-refractivity contribution is 6.00. The number of aliphatic carboxylic acids is 1. The average molecular weight is 483 g/mol. The molecule has 0 amide bonds. The SMILES string of the molecule is Nc1ncnc2c1c(-c1ccc3ccc(-c4ccccc4)nc3c1F)nn2C1CCC(C(=O)O)CC1. The van der Waals surface area contributed by atoms with Crippen LogP contribution in [0.3, 0.4) is 0 Å². The summed E-state index contributed by atoms with van der Waals surface area (Å²) in [7, 11) is 0. The third-order valence-corrected chi connectivity index (χ3v) is 7.04. The van der Waals surface area contributed by atoms with Crippen molar-refractivity contribution in [3.63, 3.8) is 0 Å². The van der Waals surface area contributed by atoms with Crippen molar-refractivity contribution in [1.82, 2.24) is 24.7 Å². The number of nitrogen functional groups attached to an aromatic ring is 1. The number of anilines is 1. The van der Waals surface area contributed by atoms with Crippen molar-refractivity contribution in [1.29, 1.82) is 0 Å². The molecule has 36 heavy (non-hydrogen) atoms. The number of aromatic nitrogens is 5. The third-order valence-electron chi connectivity index (χ3n) is 7.04. The Kier molecular flexibility index (Phi) is 5.32. The van der Waals surface area contributed by atoms with Gasteiger partial charge >= 0.3 is 5.97 Å². The Morgan fingerprint density at radius 2 is 1.75 bits per heavy atom. The van der Waals surface area contributed by atoms with Gasteiger partial charge in [0.15, 0.2) is 11.5 Å². The lowest BCUT2D eigenvalue weighted by atomic mass is 9.86. The molecule has 1 aliphatic rings. The molecule has 2 aromatic carbocycles. The molecule has 3 heterocycles. The van der Waals surface area contributed by atoms with E-state index in [-0.39, 0.29) is 28.9 Å². The third kappa shape index (κ3) is 3.64. The van der Waals surface area contributed by atoms with Gasteiger partial charge in [-0.25, -0.2) is 24.0 Å². The van der Waals surface area contributed by atoms with Gasteiger partial charge in [-0.2, -0.15) is 5.10 Å². The summed E-state index contributed by atoms with van der Waals surface area (Å²) >= 11 is 0. The van der Waals surface area contributed by atoms with Crippen molar-refractivity contribution in [2.75, 3.05) is 5.73 Å². The Morgan fingerprint density at radius 1 is 1.00 bits per heavy atom. The second kappa shape index (κ2) is 8.67. The number of halogens is 1. The molecule has 0 radical (unpaired) electrons. The lowest BCUT2D eigenvalue weighted by molar-refractivity contribution is -0.143. The Morgan fingerprint density at radius 3 is 2.50 bits per heavy atom. The number of carbonyl (C=O) groups is 1. The van der Waals surface area contributed by atoms with Gasteiger partial charge in [-0.05, 0) is 37.8 Å². The molecular formula is C27H23FN6O2. The zero-order chi connectivity index (χ0) is 24.8. The maximum absolute atomic E-state index is 16.0. The lowest BCUT2D eigenvalue weighted by Gasteiger charge is -2.26. The number of carboxylic acids is 1. The van der Waals surface area contributed by atoms with Gasteiger partial charge in [0.05, 0.1) is 23.0 Å². The molecule has 1 saturated carbocycles. The molecule has 1 fully saturated rings. The Bertz CT molecular complexity index is 1610. The van der Waals surface area contributed by atoms with Crippen LogP contribution in [-0.4, -0.2) is 35.8 Å². The van der Waals surface area contributed by atoms with Gasteiger partial charge in [0.1, 0.15) is 23.4 Å². The maximum Gasteiger partial charge on any atom is 0.306 e. The van der Waals surface area contributed by atoms with Gasteiger partial charge in [-0.15, -0.1) is 0 Å². The fourth-order valence-corrected chi connectivity index (χ4v) is 5.11. The van der Waals surface area contributed by atoms with Crippen LogP contribution in [0.4, 0.5) is 10.2 Å². The van der Waals surface area contributed by atoms with Crippen LogP contribution < -0.4 is 5.73 Å². The summed E-state index contributed by atoms with van der Waals surface area (Å²) in [6, 6.07) is 16.8. The molecule has 0 atom stereocenters. The van der Waals surface area contributed by atoms with Gasteiger partial charge in [-0.3, -0.25) is 4.79 Å². The van der Waals surface area contributed by atoms with Gasteiger partial charge in [-0.1, -0.05) is 42.5 Å². The second-order valence-electron chi connectivity index (χ2n) is 9.16. The standard InChI is InChI=1S/C27H23FN6O2/c28-22-19(12-8-16-9-13-20(32-23(16)22)15-4-2-1-3-5-15)24-21-25(29)30-14-31-26(21)34(33-24)18-10-6-17(7-11-18)27(35)36/h1-5,8-9,12-14,17-18H,6-7,10-11H2,(H,35,36)(H2,29,30,31). The van der Waals surface area contributed by atoms with Gasteiger partial charge < -0.3 is 10.8 Å². The molecule has 180 valence electrons. The zero-order valence-corrected chi connectivity index (χ0v) is 19.3. The maximum atomic E-state index is 16.0. The summed E-state index contributed by atoms with van der Waals surface area (Å²) in [4.78, 5) is 24.6. The van der Waals surface area contributed by atoms with E-state index < -0.39 is 11.8 Å². The van der Waals surface area contributed by atoms with E-state index in [0.717, 1.165) is 5.56 Å². The van der Waals surface area contributed by atoms with Crippen LogP contribution in [0.5, 0.6) is 0 Å². The quantitative estimate of drug-likeness (QED) is 0.359. The van der Waals surface area contributed by atoms with E-state index in [1.807, 2.05) is 48.5 Å². The normalized spacial score (nSPS) is 18.0. The molecule has 6 rings (SSSR count). The van der Waals surface area contributed by atoms with Gasteiger partial charge in [0, 0.05) is 16.5 Å². The topological polar surface area (TPSA) is 120 Å². The Labute approximate surface area is 205 Å². The summed E-state index contributed by atoms with van der Waals surface area (Å²) < 4.78 is 17.8. The predicted octanol–water partition coefficient (Wildman–Crippen LogP) is 5.25. The van der Waals surface area contributed by atoms with E-state index in [1.165, 1.54) is 6.33 Å². The number of benzene rings is 2. The van der Waals surface area contributed by atoms with E-state index in [9.17, 15) is 9.90 Å². The Hall–Kier alpha value is -4.40. The fraction of sp³-hybridized carbons (Fsp3) is 0.222. The van der Waals surface area contributed by atoms with Crippen LogP contribution in [-0.2, 0) is 4.79 Å². The van der Waals surface area contributed by atoms with Crippen LogP contribution in [0.25, 0.3) is 44.5 Å². The molecule has 0 aliphatic heterocycles. The minimum Gasteiger partial charge on any atom is -0.481 e. The lowest BCUT2D eigenvalue weighted by Crippen LogP contribution is -2.24. The van der Waals surface area contributed by atoms with Gasteiger partial charge in [0.25, 0.3) is 0 Å². The first-order valence-electron chi connectivity index (χ1n) is 11.9. The number of carboxylic acid groups (broad SMARTS) is 1. The Balaban J connectivity index is 1.48. The van der Waals surface area contributed by atoms with Crippen molar-refractivity contribution >= 4 is 33.7 Å². The van der Waals surface area contributed by atoms with Crippen molar-refractivity contribution in [2.24, 2.45) is 5.92 Å². The van der Waals surface area contributed by atoms with Crippen LogP contribution >= 0.6 is 0 Å². The van der Waals surface area contributed by atoms with E-state index in [4.69, 9.17) is 10.8 Å². The highest BCUT2D eigenvalue weighted by Gasteiger charge is 2.30. The molecule has 5 aromatic rings. The molecule has 8 nitrogen and oxygen atoms in total. The summed E-state index contributed by atoms with van der Waals surface area (Å²) in [5.41, 5.74) is 9.20. The summed E-state index contributed by atoms with van der Waals surface area (Å²) in [6.45, 7) is 0. The first-order valence-corrected chi connectivity index (χ1v) is 11.9. The van der Waals surface area contributed by atoms with Crippen molar-refractivity contribution in [3.05, 3.63) is 66.7 Å². The first kappa shape index (κ1) is 22.1. The van der Waals surface area contributed by atoms with E-state index in [1.54, 1.807) is 10.7 Å². The monoisotopic (exact) mass is 482 g/mol. The largest absolute Gasteiger partial charge is 0.481 e. The molecule has 0 unspecified atom stereocenters. The summed E-state index contributed by atoms with van der Waals surface area (Å²) in [6.07, 6.45) is 3.74. The number of hydrogen-bond acceptors (Lipinski definition) is 6. The van der Waals surface area contributed by atoms with Crippen LogP contribution in [0, 0.1) is 11.7 Å². The number of pyridine rings is 1. The molecule has 1 aliphatic carbocycles. The minimum atomic E-state index is -0.772. The van der Waals surface area contributed by atoms with Crippen LogP contribution in [0.15, 0.2) is 60.9 Å². The molecule has 0 saturated heterocycles. The summed E-state index contributed by atoms with van der Waals surface area (Å²) in [5, 5.41) is 15.3. The smallest absolute Gasteiger partial charge is 0.306 e. The number of nitrogens with zero attached hydrogens (tertiary/aromatic N) is 5. The molecule has 3 N–H and O–H groups in total. The highest BCUT2D eigenvalue weighted by atomic mass is 19.1. The number of nitrogens with two attached hydrogens (primary N) is 1. The molecule has 3 aromatic heterocycles. The van der Waals surface area contributed by atoms with Crippen LogP contribution in [0.2, 0.25) is 0 Å². The van der Waals surface area contributed by atoms with E-state index in [0.29, 0.717) is 53.5 Å². The van der Waals surface area contributed by atoms with Crippen LogP contribution in [0.1, 0.15) is 31.7 Å². The summed E-state index contributed by atoms with van der Waals surface area (Å²) in [5.74, 6) is -1.41.